The topological polar surface area (TPSA) is 80.2 Å². The normalized spacial score (nSPS) is 17.7. The fraction of sp³-hybridized carbons (Fsp3) is 0.321. The standard InChI is InChI=1S/C28H31N3O4S/c1-5-18(3)29-23(32)16-21-17-36-28-30-25(19-10-8-7-9-11-19)24(27(33)35-6-2)26(31(21)28)20-12-14-22(34-4)15-13-20/h7-15,17-18,26H,5-6,16H2,1-4H3,(H,29,32)/t18-,26-/m0/s1. The van der Waals surface area contributed by atoms with Crippen molar-refractivity contribution < 1.29 is 19.1 Å². The summed E-state index contributed by atoms with van der Waals surface area (Å²) >= 11 is 1.46. The second kappa shape index (κ2) is 11.5. The SMILES string of the molecule is CCOC(=O)C1=C(c2ccccc2)N=C2SC=C(CC(=O)N[C@@H](C)CC)N2[C@H]1c1ccc(OC)cc1. The maximum absolute atomic E-state index is 13.5. The Bertz CT molecular complexity index is 1210. The molecule has 188 valence electrons. The van der Waals surface area contributed by atoms with E-state index in [2.05, 4.69) is 5.32 Å². The number of methoxy groups -OCH3 is 1. The largest absolute Gasteiger partial charge is 0.497 e. The maximum atomic E-state index is 13.5. The monoisotopic (exact) mass is 505 g/mol. The van der Waals surface area contributed by atoms with Gasteiger partial charge in [0.15, 0.2) is 5.17 Å². The van der Waals surface area contributed by atoms with Crippen LogP contribution in [0.15, 0.2) is 76.3 Å². The second-order valence-corrected chi connectivity index (χ2v) is 9.41. The Kier molecular flexibility index (Phi) is 8.15. The quantitative estimate of drug-likeness (QED) is 0.468. The van der Waals surface area contributed by atoms with Crippen molar-refractivity contribution in [3.8, 4) is 5.75 Å². The van der Waals surface area contributed by atoms with Crippen LogP contribution in [0, 0.1) is 0 Å². The first-order valence-corrected chi connectivity index (χ1v) is 13.0. The van der Waals surface area contributed by atoms with Crippen LogP contribution in [0.3, 0.4) is 0 Å². The highest BCUT2D eigenvalue weighted by Crippen LogP contribution is 2.47. The Hall–Kier alpha value is -3.52. The van der Waals surface area contributed by atoms with Gasteiger partial charge in [-0.15, -0.1) is 0 Å². The molecule has 1 N–H and O–H groups in total. The molecule has 36 heavy (non-hydrogen) atoms. The lowest BCUT2D eigenvalue weighted by atomic mass is 9.91. The van der Waals surface area contributed by atoms with Gasteiger partial charge in [-0.3, -0.25) is 4.79 Å². The molecule has 0 saturated heterocycles. The van der Waals surface area contributed by atoms with E-state index in [0.29, 0.717) is 22.2 Å². The molecule has 2 aromatic rings. The average Bonchev–Trinajstić information content (AvgIpc) is 3.30. The predicted octanol–water partition coefficient (Wildman–Crippen LogP) is 5.28. The number of esters is 1. The minimum Gasteiger partial charge on any atom is -0.497 e. The molecule has 4 rings (SSSR count). The van der Waals surface area contributed by atoms with Crippen molar-refractivity contribution in [2.75, 3.05) is 13.7 Å². The Morgan fingerprint density at radius 1 is 1.11 bits per heavy atom. The van der Waals surface area contributed by atoms with Crippen LogP contribution >= 0.6 is 11.8 Å². The highest BCUT2D eigenvalue weighted by Gasteiger charge is 2.42. The minimum atomic E-state index is -0.518. The number of aliphatic imine (C=N–C) groups is 1. The summed E-state index contributed by atoms with van der Waals surface area (Å²) in [5, 5.41) is 5.70. The van der Waals surface area contributed by atoms with Crippen LogP contribution in [0.5, 0.6) is 5.75 Å². The first-order valence-electron chi connectivity index (χ1n) is 12.1. The zero-order valence-corrected chi connectivity index (χ0v) is 21.8. The molecule has 2 heterocycles. The van der Waals surface area contributed by atoms with E-state index in [4.69, 9.17) is 14.5 Å². The lowest BCUT2D eigenvalue weighted by Gasteiger charge is -2.37. The van der Waals surface area contributed by atoms with Crippen LogP contribution in [0.25, 0.3) is 5.70 Å². The van der Waals surface area contributed by atoms with Crippen molar-refractivity contribution in [2.45, 2.75) is 45.7 Å². The Morgan fingerprint density at radius 3 is 2.47 bits per heavy atom. The fourth-order valence-corrected chi connectivity index (χ4v) is 5.10. The van der Waals surface area contributed by atoms with Crippen LogP contribution in [0.2, 0.25) is 0 Å². The number of ether oxygens (including phenoxy) is 2. The van der Waals surface area contributed by atoms with E-state index in [9.17, 15) is 9.59 Å². The smallest absolute Gasteiger partial charge is 0.338 e. The zero-order chi connectivity index (χ0) is 25.7. The molecule has 2 aromatic carbocycles. The van der Waals surface area contributed by atoms with Crippen LogP contribution in [0.4, 0.5) is 0 Å². The highest BCUT2D eigenvalue weighted by molar-refractivity contribution is 8.16. The number of fused-ring (bicyclic) bond motifs is 1. The van der Waals surface area contributed by atoms with Crippen LogP contribution in [0.1, 0.15) is 50.8 Å². The molecule has 0 aliphatic carbocycles. The molecule has 8 heteroatoms. The second-order valence-electron chi connectivity index (χ2n) is 8.57. The van der Waals surface area contributed by atoms with E-state index in [1.54, 1.807) is 14.0 Å². The number of carbonyl (C=O) groups excluding carboxylic acids is 2. The van der Waals surface area contributed by atoms with Crippen LogP contribution < -0.4 is 10.1 Å². The van der Waals surface area contributed by atoms with E-state index in [0.717, 1.165) is 23.2 Å². The van der Waals surface area contributed by atoms with Gasteiger partial charge in [-0.25, -0.2) is 9.79 Å². The predicted molar refractivity (Wildman–Crippen MR) is 143 cm³/mol. The van der Waals surface area contributed by atoms with Gasteiger partial charge in [0.25, 0.3) is 0 Å². The molecule has 0 radical (unpaired) electrons. The van der Waals surface area contributed by atoms with Gasteiger partial charge in [0.1, 0.15) is 5.75 Å². The number of hydrogen-bond donors (Lipinski definition) is 1. The van der Waals surface area contributed by atoms with Gasteiger partial charge in [0.05, 0.1) is 37.4 Å². The van der Waals surface area contributed by atoms with E-state index in [-0.39, 0.29) is 25.0 Å². The molecular weight excluding hydrogens is 474 g/mol. The van der Waals surface area contributed by atoms with E-state index in [1.165, 1.54) is 11.8 Å². The Balaban J connectivity index is 1.83. The van der Waals surface area contributed by atoms with Crippen molar-refractivity contribution in [3.05, 3.63) is 82.4 Å². The molecule has 0 bridgehead atoms. The van der Waals surface area contributed by atoms with Crippen molar-refractivity contribution in [1.82, 2.24) is 10.2 Å². The number of carbonyl (C=O) groups is 2. The van der Waals surface area contributed by atoms with E-state index < -0.39 is 12.0 Å². The third-order valence-corrected chi connectivity index (χ3v) is 7.03. The molecule has 7 nitrogen and oxygen atoms in total. The van der Waals surface area contributed by atoms with Crippen molar-refractivity contribution >= 4 is 34.5 Å². The highest BCUT2D eigenvalue weighted by atomic mass is 32.2. The molecule has 0 unspecified atom stereocenters. The summed E-state index contributed by atoms with van der Waals surface area (Å²) in [5.41, 5.74) is 3.50. The first-order chi connectivity index (χ1) is 17.5. The van der Waals surface area contributed by atoms with Gasteiger partial charge in [0, 0.05) is 17.3 Å². The molecule has 2 aliphatic rings. The van der Waals surface area contributed by atoms with Crippen LogP contribution in [-0.2, 0) is 14.3 Å². The molecule has 0 fully saturated rings. The van der Waals surface area contributed by atoms with Crippen LogP contribution in [-0.4, -0.2) is 41.7 Å². The number of thioether (sulfide) groups is 1. The summed E-state index contributed by atoms with van der Waals surface area (Å²) in [6, 6.07) is 16.8. The molecule has 0 saturated carbocycles. The third-order valence-electron chi connectivity index (χ3n) is 6.15. The van der Waals surface area contributed by atoms with Gasteiger partial charge in [-0.05, 0) is 43.4 Å². The molecule has 2 aliphatic heterocycles. The number of rotatable bonds is 9. The van der Waals surface area contributed by atoms with Crippen molar-refractivity contribution in [2.24, 2.45) is 4.99 Å². The number of nitrogens with zero attached hydrogens (tertiary/aromatic N) is 2. The minimum absolute atomic E-state index is 0.0681. The zero-order valence-electron chi connectivity index (χ0n) is 21.0. The summed E-state index contributed by atoms with van der Waals surface area (Å²) in [4.78, 5) is 33.2. The van der Waals surface area contributed by atoms with Gasteiger partial charge in [-0.2, -0.15) is 0 Å². The van der Waals surface area contributed by atoms with Gasteiger partial charge in [0.2, 0.25) is 5.91 Å². The fourth-order valence-electron chi connectivity index (χ4n) is 4.18. The third kappa shape index (κ3) is 5.33. The summed E-state index contributed by atoms with van der Waals surface area (Å²) in [6.07, 6.45) is 1.03. The van der Waals surface area contributed by atoms with Gasteiger partial charge in [-0.1, -0.05) is 61.2 Å². The summed E-state index contributed by atoms with van der Waals surface area (Å²) in [5.74, 6) is 0.217. The number of nitrogens with one attached hydrogen (secondary N) is 1. The Morgan fingerprint density at radius 2 is 1.83 bits per heavy atom. The summed E-state index contributed by atoms with van der Waals surface area (Å²) < 4.78 is 10.9. The van der Waals surface area contributed by atoms with Crippen molar-refractivity contribution in [1.29, 1.82) is 0 Å². The van der Waals surface area contributed by atoms with Gasteiger partial charge < -0.3 is 19.7 Å². The van der Waals surface area contributed by atoms with Gasteiger partial charge >= 0.3 is 5.97 Å². The lowest BCUT2D eigenvalue weighted by molar-refractivity contribution is -0.139. The molecule has 0 spiro atoms. The molecule has 1 amide bonds. The number of amides is 1. The lowest BCUT2D eigenvalue weighted by Crippen LogP contribution is -2.39. The average molecular weight is 506 g/mol. The number of benzene rings is 2. The maximum Gasteiger partial charge on any atom is 0.338 e. The van der Waals surface area contributed by atoms with E-state index in [1.807, 2.05) is 78.8 Å². The Labute approximate surface area is 216 Å². The molecular formula is C28H31N3O4S. The summed E-state index contributed by atoms with van der Waals surface area (Å²) in [6.45, 7) is 6.05. The number of hydrogen-bond acceptors (Lipinski definition) is 7. The number of amidine groups is 1. The van der Waals surface area contributed by atoms with E-state index >= 15 is 0 Å². The summed E-state index contributed by atoms with van der Waals surface area (Å²) in [7, 11) is 1.62. The molecule has 2 atom stereocenters. The first kappa shape index (κ1) is 25.6. The van der Waals surface area contributed by atoms with Crippen molar-refractivity contribution in [3.63, 3.8) is 0 Å². The molecule has 0 aromatic heterocycles.